The SMILES string of the molecule is CC(=O)N(C)CC(=O)N1CC[C@H](n2cc(-c3ncccc3C)nn2)C1. The minimum Gasteiger partial charge on any atom is -0.339 e. The average molecular weight is 342 g/mol. The number of amides is 2. The number of aryl methyl sites for hydroxylation is 1. The van der Waals surface area contributed by atoms with Crippen LogP contribution in [0.4, 0.5) is 0 Å². The Kier molecular flexibility index (Phi) is 4.78. The van der Waals surface area contributed by atoms with Crippen LogP contribution in [0.5, 0.6) is 0 Å². The molecule has 8 nitrogen and oxygen atoms in total. The number of pyridine rings is 1. The Bertz CT molecular complexity index is 787. The van der Waals surface area contributed by atoms with Crippen molar-refractivity contribution in [2.45, 2.75) is 26.3 Å². The van der Waals surface area contributed by atoms with Gasteiger partial charge in [-0.3, -0.25) is 14.6 Å². The molecule has 3 heterocycles. The number of hydrogen-bond donors (Lipinski definition) is 0. The molecule has 3 rings (SSSR count). The van der Waals surface area contributed by atoms with Gasteiger partial charge in [-0.25, -0.2) is 4.68 Å². The summed E-state index contributed by atoms with van der Waals surface area (Å²) in [5.41, 5.74) is 2.60. The van der Waals surface area contributed by atoms with Crippen LogP contribution in [-0.4, -0.2) is 68.3 Å². The minimum atomic E-state index is -0.115. The summed E-state index contributed by atoms with van der Waals surface area (Å²) in [4.78, 5) is 31.1. The molecule has 0 saturated carbocycles. The van der Waals surface area contributed by atoms with Crippen molar-refractivity contribution >= 4 is 11.8 Å². The van der Waals surface area contributed by atoms with Crippen LogP contribution in [0.15, 0.2) is 24.5 Å². The van der Waals surface area contributed by atoms with Gasteiger partial charge in [-0.05, 0) is 25.0 Å². The number of rotatable bonds is 4. The van der Waals surface area contributed by atoms with E-state index in [1.165, 1.54) is 11.8 Å². The molecule has 0 bridgehead atoms. The van der Waals surface area contributed by atoms with Gasteiger partial charge >= 0.3 is 0 Å². The largest absolute Gasteiger partial charge is 0.339 e. The maximum absolute atomic E-state index is 12.3. The van der Waals surface area contributed by atoms with Crippen LogP contribution in [0.2, 0.25) is 0 Å². The van der Waals surface area contributed by atoms with Crippen LogP contribution >= 0.6 is 0 Å². The fraction of sp³-hybridized carbons (Fsp3) is 0.471. The minimum absolute atomic E-state index is 0.0406. The quantitative estimate of drug-likeness (QED) is 0.824. The van der Waals surface area contributed by atoms with Gasteiger partial charge in [0.25, 0.3) is 0 Å². The zero-order valence-corrected chi connectivity index (χ0v) is 14.7. The van der Waals surface area contributed by atoms with Crippen molar-refractivity contribution in [1.29, 1.82) is 0 Å². The van der Waals surface area contributed by atoms with E-state index < -0.39 is 0 Å². The fourth-order valence-corrected chi connectivity index (χ4v) is 2.92. The lowest BCUT2D eigenvalue weighted by Crippen LogP contribution is -2.39. The molecule has 0 aliphatic carbocycles. The molecule has 8 heteroatoms. The van der Waals surface area contributed by atoms with Crippen LogP contribution in [0.25, 0.3) is 11.4 Å². The van der Waals surface area contributed by atoms with Gasteiger partial charge in [-0.15, -0.1) is 5.10 Å². The van der Waals surface area contributed by atoms with Gasteiger partial charge in [-0.2, -0.15) is 0 Å². The molecule has 1 atom stereocenters. The van der Waals surface area contributed by atoms with Crippen LogP contribution in [0.3, 0.4) is 0 Å². The lowest BCUT2D eigenvalue weighted by Gasteiger charge is -2.20. The van der Waals surface area contributed by atoms with Crippen molar-refractivity contribution in [2.24, 2.45) is 0 Å². The first-order valence-electron chi connectivity index (χ1n) is 8.29. The molecule has 0 N–H and O–H groups in total. The first-order chi connectivity index (χ1) is 12.0. The molecule has 0 aromatic carbocycles. The number of aromatic nitrogens is 4. The number of likely N-dealkylation sites (N-methyl/N-ethyl adjacent to an activating group) is 1. The highest BCUT2D eigenvalue weighted by Gasteiger charge is 2.29. The molecule has 1 saturated heterocycles. The van der Waals surface area contributed by atoms with Gasteiger partial charge in [-0.1, -0.05) is 11.3 Å². The van der Waals surface area contributed by atoms with Gasteiger partial charge in [0.15, 0.2) is 0 Å². The highest BCUT2D eigenvalue weighted by Crippen LogP contribution is 2.24. The molecule has 1 aliphatic heterocycles. The molecule has 2 aromatic rings. The lowest BCUT2D eigenvalue weighted by molar-refractivity contribution is -0.137. The van der Waals surface area contributed by atoms with Crippen molar-refractivity contribution in [2.75, 3.05) is 26.7 Å². The number of likely N-dealkylation sites (tertiary alicyclic amines) is 1. The Balaban J connectivity index is 1.66. The molecule has 0 spiro atoms. The monoisotopic (exact) mass is 342 g/mol. The molecule has 2 aromatic heterocycles. The van der Waals surface area contributed by atoms with Crippen molar-refractivity contribution in [1.82, 2.24) is 29.8 Å². The summed E-state index contributed by atoms with van der Waals surface area (Å²) in [6.07, 6.45) is 4.44. The summed E-state index contributed by atoms with van der Waals surface area (Å²) in [5, 5.41) is 8.45. The standard InChI is InChI=1S/C17H22N6O2/c1-12-5-4-7-18-17(12)15-10-23(20-19-15)14-6-8-22(9-14)16(25)11-21(3)13(2)24/h4-5,7,10,14H,6,8-9,11H2,1-3H3/t14-/m0/s1. The molecule has 132 valence electrons. The number of nitrogens with zero attached hydrogens (tertiary/aromatic N) is 6. The maximum Gasteiger partial charge on any atom is 0.242 e. The van der Waals surface area contributed by atoms with Crippen LogP contribution in [0.1, 0.15) is 24.9 Å². The van der Waals surface area contributed by atoms with Crippen molar-refractivity contribution in [3.05, 3.63) is 30.1 Å². The van der Waals surface area contributed by atoms with Gasteiger partial charge < -0.3 is 9.80 Å². The zero-order chi connectivity index (χ0) is 18.0. The Morgan fingerprint density at radius 3 is 2.92 bits per heavy atom. The number of carbonyl (C=O) groups is 2. The second kappa shape index (κ2) is 7.00. The zero-order valence-electron chi connectivity index (χ0n) is 14.7. The van der Waals surface area contributed by atoms with E-state index in [9.17, 15) is 9.59 Å². The van der Waals surface area contributed by atoms with E-state index in [2.05, 4.69) is 15.3 Å². The molecule has 25 heavy (non-hydrogen) atoms. The summed E-state index contributed by atoms with van der Waals surface area (Å²) >= 11 is 0. The third-order valence-electron chi connectivity index (χ3n) is 4.56. The number of carbonyl (C=O) groups excluding carboxylic acids is 2. The first-order valence-corrected chi connectivity index (χ1v) is 8.29. The van der Waals surface area contributed by atoms with Gasteiger partial charge in [0.2, 0.25) is 11.8 Å². The van der Waals surface area contributed by atoms with Gasteiger partial charge in [0, 0.05) is 33.3 Å². The van der Waals surface area contributed by atoms with Crippen molar-refractivity contribution in [3.63, 3.8) is 0 Å². The lowest BCUT2D eigenvalue weighted by atomic mass is 10.2. The molecule has 1 aliphatic rings. The van der Waals surface area contributed by atoms with E-state index in [-0.39, 0.29) is 24.4 Å². The topological polar surface area (TPSA) is 84.2 Å². The van der Waals surface area contributed by atoms with Gasteiger partial charge in [0.1, 0.15) is 5.69 Å². The van der Waals surface area contributed by atoms with E-state index >= 15 is 0 Å². The number of hydrogen-bond acceptors (Lipinski definition) is 5. The van der Waals surface area contributed by atoms with Crippen molar-refractivity contribution in [3.8, 4) is 11.4 Å². The Morgan fingerprint density at radius 2 is 2.20 bits per heavy atom. The highest BCUT2D eigenvalue weighted by atomic mass is 16.2. The van der Waals surface area contributed by atoms with Gasteiger partial charge in [0.05, 0.1) is 24.5 Å². The Labute approximate surface area is 146 Å². The second-order valence-corrected chi connectivity index (χ2v) is 6.41. The summed E-state index contributed by atoms with van der Waals surface area (Å²) in [7, 11) is 1.63. The molecule has 0 radical (unpaired) electrons. The second-order valence-electron chi connectivity index (χ2n) is 6.41. The molecular formula is C17H22N6O2. The van der Waals surface area contributed by atoms with E-state index in [1.807, 2.05) is 29.9 Å². The molecule has 1 fully saturated rings. The third kappa shape index (κ3) is 3.67. The van der Waals surface area contributed by atoms with E-state index in [1.54, 1.807) is 18.1 Å². The van der Waals surface area contributed by atoms with Crippen LogP contribution in [-0.2, 0) is 9.59 Å². The Morgan fingerprint density at radius 1 is 1.40 bits per heavy atom. The Hall–Kier alpha value is -2.77. The summed E-state index contributed by atoms with van der Waals surface area (Å²) in [6, 6.07) is 3.97. The predicted molar refractivity (Wildman–Crippen MR) is 91.5 cm³/mol. The summed E-state index contributed by atoms with van der Waals surface area (Å²) < 4.78 is 1.81. The molecule has 2 amide bonds. The highest BCUT2D eigenvalue weighted by molar-refractivity contribution is 5.83. The average Bonchev–Trinajstić information content (AvgIpc) is 3.24. The maximum atomic E-state index is 12.3. The van der Waals surface area contributed by atoms with E-state index in [0.717, 1.165) is 23.4 Å². The van der Waals surface area contributed by atoms with E-state index in [4.69, 9.17) is 0 Å². The van der Waals surface area contributed by atoms with Crippen LogP contribution < -0.4 is 0 Å². The normalized spacial score (nSPS) is 16.9. The predicted octanol–water partition coefficient (Wildman–Crippen LogP) is 0.900. The first kappa shape index (κ1) is 17.1. The molecule has 0 unspecified atom stereocenters. The summed E-state index contributed by atoms with van der Waals surface area (Å²) in [5.74, 6) is -0.156. The third-order valence-corrected chi connectivity index (χ3v) is 4.56. The van der Waals surface area contributed by atoms with Crippen molar-refractivity contribution < 1.29 is 9.59 Å². The summed E-state index contributed by atoms with van der Waals surface area (Å²) in [6.45, 7) is 4.79. The van der Waals surface area contributed by atoms with Crippen LogP contribution in [0, 0.1) is 6.92 Å². The smallest absolute Gasteiger partial charge is 0.242 e. The van der Waals surface area contributed by atoms with E-state index in [0.29, 0.717) is 13.1 Å². The molecular weight excluding hydrogens is 320 g/mol. The fourth-order valence-electron chi connectivity index (χ4n) is 2.92.